The van der Waals surface area contributed by atoms with Gasteiger partial charge in [-0.25, -0.2) is 15.0 Å². The fourth-order valence-corrected chi connectivity index (χ4v) is 2.25. The molecule has 2 heterocycles. The van der Waals surface area contributed by atoms with Gasteiger partial charge in [-0.1, -0.05) is 0 Å². The Labute approximate surface area is 110 Å². The first-order valence-corrected chi connectivity index (χ1v) is 6.75. The summed E-state index contributed by atoms with van der Waals surface area (Å²) in [5, 5.41) is 6.44. The van der Waals surface area contributed by atoms with Gasteiger partial charge in [0.15, 0.2) is 0 Å². The maximum Gasteiger partial charge on any atom is 0.218 e. The second-order valence-corrected chi connectivity index (χ2v) is 4.68. The Kier molecular flexibility index (Phi) is 4.46. The fourth-order valence-electron chi connectivity index (χ4n) is 1.48. The van der Waals surface area contributed by atoms with Crippen molar-refractivity contribution in [2.24, 2.45) is 0 Å². The highest BCUT2D eigenvalue weighted by molar-refractivity contribution is 7.09. The van der Waals surface area contributed by atoms with Crippen molar-refractivity contribution in [3.63, 3.8) is 0 Å². The quantitative estimate of drug-likeness (QED) is 0.867. The first kappa shape index (κ1) is 12.8. The van der Waals surface area contributed by atoms with Crippen molar-refractivity contribution < 1.29 is 4.74 Å². The number of anilines is 1. The molecule has 18 heavy (non-hydrogen) atoms. The zero-order valence-corrected chi connectivity index (χ0v) is 11.3. The Balaban J connectivity index is 1.84. The molecule has 0 fully saturated rings. The molecule has 0 amide bonds. The van der Waals surface area contributed by atoms with Crippen molar-refractivity contribution in [2.75, 3.05) is 18.5 Å². The summed E-state index contributed by atoms with van der Waals surface area (Å²) in [6.07, 6.45) is 2.40. The van der Waals surface area contributed by atoms with E-state index in [0.717, 1.165) is 29.5 Å². The van der Waals surface area contributed by atoms with Crippen LogP contribution in [0.3, 0.4) is 0 Å². The zero-order chi connectivity index (χ0) is 12.8. The van der Waals surface area contributed by atoms with E-state index in [1.807, 2.05) is 13.8 Å². The number of rotatable bonds is 6. The van der Waals surface area contributed by atoms with Gasteiger partial charge in [-0.2, -0.15) is 0 Å². The molecule has 0 spiro atoms. The summed E-state index contributed by atoms with van der Waals surface area (Å²) < 4.78 is 5.31. The monoisotopic (exact) mass is 264 g/mol. The van der Waals surface area contributed by atoms with Crippen LogP contribution in [-0.4, -0.2) is 28.1 Å². The highest BCUT2D eigenvalue weighted by atomic mass is 32.1. The van der Waals surface area contributed by atoms with Gasteiger partial charge in [0, 0.05) is 30.1 Å². The van der Waals surface area contributed by atoms with Gasteiger partial charge >= 0.3 is 0 Å². The molecule has 0 radical (unpaired) electrons. The molecule has 1 N–H and O–H groups in total. The van der Waals surface area contributed by atoms with E-state index < -0.39 is 0 Å². The highest BCUT2D eigenvalue weighted by Gasteiger charge is 2.01. The minimum Gasteiger partial charge on any atom is -0.478 e. The van der Waals surface area contributed by atoms with Crippen molar-refractivity contribution in [3.05, 3.63) is 28.5 Å². The van der Waals surface area contributed by atoms with Gasteiger partial charge in [-0.15, -0.1) is 11.3 Å². The molecule has 6 heteroatoms. The van der Waals surface area contributed by atoms with E-state index in [4.69, 9.17) is 4.74 Å². The normalized spacial score (nSPS) is 10.3. The lowest BCUT2D eigenvalue weighted by Crippen LogP contribution is -2.07. The van der Waals surface area contributed by atoms with Gasteiger partial charge in [0.05, 0.1) is 11.6 Å². The molecule has 2 aromatic heterocycles. The largest absolute Gasteiger partial charge is 0.478 e. The molecule has 0 aliphatic carbocycles. The topological polar surface area (TPSA) is 59.9 Å². The zero-order valence-electron chi connectivity index (χ0n) is 10.5. The summed E-state index contributed by atoms with van der Waals surface area (Å²) in [6, 6.07) is 1.80. The third-order valence-electron chi connectivity index (χ3n) is 2.25. The second kappa shape index (κ2) is 6.30. The number of hydrogen-bond acceptors (Lipinski definition) is 6. The van der Waals surface area contributed by atoms with Gasteiger partial charge in [0.2, 0.25) is 5.88 Å². The molecule has 0 bridgehead atoms. The molecule has 96 valence electrons. The third-order valence-corrected chi connectivity index (χ3v) is 3.27. The van der Waals surface area contributed by atoms with E-state index in [1.165, 1.54) is 6.33 Å². The number of aromatic nitrogens is 3. The van der Waals surface area contributed by atoms with Gasteiger partial charge in [-0.3, -0.25) is 0 Å². The predicted octanol–water partition coefficient (Wildman–Crippen LogP) is 2.29. The first-order chi connectivity index (χ1) is 8.78. The Bertz CT molecular complexity index is 500. The van der Waals surface area contributed by atoms with Crippen LogP contribution in [0.25, 0.3) is 0 Å². The third kappa shape index (κ3) is 3.66. The van der Waals surface area contributed by atoms with E-state index in [2.05, 4.69) is 25.6 Å². The van der Waals surface area contributed by atoms with Crippen molar-refractivity contribution >= 4 is 17.2 Å². The van der Waals surface area contributed by atoms with E-state index in [-0.39, 0.29) is 0 Å². The molecule has 0 saturated heterocycles. The van der Waals surface area contributed by atoms with Gasteiger partial charge in [-0.05, 0) is 13.8 Å². The molecule has 2 aromatic rings. The van der Waals surface area contributed by atoms with E-state index in [1.54, 1.807) is 17.4 Å². The standard InChI is InChI=1S/C12H16N4OS/c1-3-17-11-6-10(14-8-15-11)13-5-4-12-16-9(2)7-18-12/h6-8H,3-5H2,1-2H3,(H,13,14,15). The molecule has 0 aliphatic rings. The number of ether oxygens (including phenoxy) is 1. The molecule has 0 atom stereocenters. The number of hydrogen-bond donors (Lipinski definition) is 1. The Morgan fingerprint density at radius 1 is 1.39 bits per heavy atom. The summed E-state index contributed by atoms with van der Waals surface area (Å²) in [6.45, 7) is 5.34. The average Bonchev–Trinajstić information content (AvgIpc) is 2.76. The molecule has 5 nitrogen and oxygen atoms in total. The molecular formula is C12H16N4OS. The summed E-state index contributed by atoms with van der Waals surface area (Å²) in [5.41, 5.74) is 1.08. The summed E-state index contributed by atoms with van der Waals surface area (Å²) in [5.74, 6) is 1.38. The SMILES string of the molecule is CCOc1cc(NCCc2nc(C)cs2)ncn1. The van der Waals surface area contributed by atoms with E-state index >= 15 is 0 Å². The van der Waals surface area contributed by atoms with Crippen LogP contribution >= 0.6 is 11.3 Å². The fraction of sp³-hybridized carbons (Fsp3) is 0.417. The van der Waals surface area contributed by atoms with Crippen LogP contribution in [0.15, 0.2) is 17.8 Å². The van der Waals surface area contributed by atoms with Crippen molar-refractivity contribution in [3.8, 4) is 5.88 Å². The summed E-state index contributed by atoms with van der Waals surface area (Å²) in [4.78, 5) is 12.6. The maximum atomic E-state index is 5.31. The van der Waals surface area contributed by atoms with Crippen LogP contribution in [-0.2, 0) is 6.42 Å². The van der Waals surface area contributed by atoms with Crippen LogP contribution in [0.1, 0.15) is 17.6 Å². The lowest BCUT2D eigenvalue weighted by molar-refractivity contribution is 0.326. The number of aryl methyl sites for hydroxylation is 1. The van der Waals surface area contributed by atoms with Gasteiger partial charge in [0.25, 0.3) is 0 Å². The van der Waals surface area contributed by atoms with E-state index in [9.17, 15) is 0 Å². The van der Waals surface area contributed by atoms with Gasteiger partial charge < -0.3 is 10.1 Å². The maximum absolute atomic E-state index is 5.31. The van der Waals surface area contributed by atoms with Crippen molar-refractivity contribution in [2.45, 2.75) is 20.3 Å². The minimum atomic E-state index is 0.597. The molecule has 0 unspecified atom stereocenters. The minimum absolute atomic E-state index is 0.597. The van der Waals surface area contributed by atoms with Gasteiger partial charge in [0.1, 0.15) is 12.1 Å². The van der Waals surface area contributed by atoms with Crippen molar-refractivity contribution in [1.29, 1.82) is 0 Å². The van der Waals surface area contributed by atoms with Crippen LogP contribution in [0, 0.1) is 6.92 Å². The molecule has 0 saturated carbocycles. The van der Waals surface area contributed by atoms with Crippen LogP contribution < -0.4 is 10.1 Å². The molecule has 2 rings (SSSR count). The van der Waals surface area contributed by atoms with Crippen LogP contribution in [0.5, 0.6) is 5.88 Å². The Morgan fingerprint density at radius 2 is 2.28 bits per heavy atom. The summed E-state index contributed by atoms with van der Waals surface area (Å²) >= 11 is 1.69. The summed E-state index contributed by atoms with van der Waals surface area (Å²) in [7, 11) is 0. The van der Waals surface area contributed by atoms with Crippen molar-refractivity contribution in [1.82, 2.24) is 15.0 Å². The number of nitrogens with one attached hydrogen (secondary N) is 1. The smallest absolute Gasteiger partial charge is 0.218 e. The number of nitrogens with zero attached hydrogens (tertiary/aromatic N) is 3. The second-order valence-electron chi connectivity index (χ2n) is 3.73. The Hall–Kier alpha value is -1.69. The lowest BCUT2D eigenvalue weighted by atomic mass is 10.4. The lowest BCUT2D eigenvalue weighted by Gasteiger charge is -2.06. The number of thiazole rings is 1. The van der Waals surface area contributed by atoms with Crippen LogP contribution in [0.4, 0.5) is 5.82 Å². The highest BCUT2D eigenvalue weighted by Crippen LogP contribution is 2.12. The molecular weight excluding hydrogens is 248 g/mol. The first-order valence-electron chi connectivity index (χ1n) is 5.87. The van der Waals surface area contributed by atoms with Crippen LogP contribution in [0.2, 0.25) is 0 Å². The molecule has 0 aliphatic heterocycles. The predicted molar refractivity (Wildman–Crippen MR) is 72.2 cm³/mol. The molecule has 0 aromatic carbocycles. The van der Waals surface area contributed by atoms with E-state index in [0.29, 0.717) is 12.5 Å². The Morgan fingerprint density at radius 3 is 3.00 bits per heavy atom. The average molecular weight is 264 g/mol.